The summed E-state index contributed by atoms with van der Waals surface area (Å²) in [5.41, 5.74) is 0. The second kappa shape index (κ2) is 4.27. The van der Waals surface area contributed by atoms with Crippen LogP contribution >= 0.6 is 0 Å². The van der Waals surface area contributed by atoms with Gasteiger partial charge in [0.05, 0.1) is 11.4 Å². The van der Waals surface area contributed by atoms with Gasteiger partial charge in [-0.1, -0.05) is 19.8 Å². The van der Waals surface area contributed by atoms with E-state index >= 15 is 0 Å². The SMILES string of the molecule is CC1C(O)CC(S(=O)(=O)O)C2CCCCC12. The summed E-state index contributed by atoms with van der Waals surface area (Å²) in [5, 5.41) is 9.13. The Morgan fingerprint density at radius 2 is 1.69 bits per heavy atom. The van der Waals surface area contributed by atoms with Crippen molar-refractivity contribution < 1.29 is 18.1 Å². The molecule has 2 aliphatic carbocycles. The Labute approximate surface area is 96.8 Å². The quantitative estimate of drug-likeness (QED) is 0.689. The normalized spacial score (nSPS) is 45.1. The minimum Gasteiger partial charge on any atom is -0.393 e. The first-order valence-electron chi connectivity index (χ1n) is 6.05. The van der Waals surface area contributed by atoms with Crippen molar-refractivity contribution in [3.05, 3.63) is 0 Å². The van der Waals surface area contributed by atoms with Crippen molar-refractivity contribution in [2.75, 3.05) is 0 Å². The molecule has 4 nitrogen and oxygen atoms in total. The van der Waals surface area contributed by atoms with Gasteiger partial charge in [0.2, 0.25) is 0 Å². The fourth-order valence-electron chi connectivity index (χ4n) is 3.56. The first-order valence-corrected chi connectivity index (χ1v) is 7.56. The van der Waals surface area contributed by atoms with E-state index in [0.717, 1.165) is 25.7 Å². The Morgan fingerprint density at radius 3 is 2.25 bits per heavy atom. The van der Waals surface area contributed by atoms with Crippen LogP contribution in [0.4, 0.5) is 0 Å². The van der Waals surface area contributed by atoms with Crippen molar-refractivity contribution in [2.45, 2.75) is 50.4 Å². The van der Waals surface area contributed by atoms with Gasteiger partial charge in [-0.05, 0) is 37.0 Å². The third-order valence-electron chi connectivity index (χ3n) is 4.49. The number of hydrogen-bond donors (Lipinski definition) is 2. The third kappa shape index (κ3) is 2.13. The van der Waals surface area contributed by atoms with Gasteiger partial charge in [0.1, 0.15) is 0 Å². The Kier molecular flexibility index (Phi) is 3.29. The average molecular weight is 248 g/mol. The second-order valence-corrected chi connectivity index (χ2v) is 6.96. The largest absolute Gasteiger partial charge is 0.393 e. The van der Waals surface area contributed by atoms with Crippen LogP contribution in [0.5, 0.6) is 0 Å². The van der Waals surface area contributed by atoms with E-state index in [2.05, 4.69) is 0 Å². The Balaban J connectivity index is 2.27. The van der Waals surface area contributed by atoms with Gasteiger partial charge in [0, 0.05) is 0 Å². The first kappa shape index (κ1) is 12.3. The molecule has 0 aliphatic heterocycles. The molecule has 5 heteroatoms. The monoisotopic (exact) mass is 248 g/mol. The highest BCUT2D eigenvalue weighted by Gasteiger charge is 2.47. The molecule has 0 spiro atoms. The minimum atomic E-state index is -4.01. The van der Waals surface area contributed by atoms with Crippen molar-refractivity contribution in [3.8, 4) is 0 Å². The highest BCUT2D eigenvalue weighted by molar-refractivity contribution is 7.86. The maximum Gasteiger partial charge on any atom is 0.268 e. The zero-order valence-electron chi connectivity index (χ0n) is 9.54. The predicted octanol–water partition coefficient (Wildman–Crippen LogP) is 1.45. The van der Waals surface area contributed by atoms with Crippen LogP contribution in [0.25, 0.3) is 0 Å². The molecule has 5 unspecified atom stereocenters. The highest BCUT2D eigenvalue weighted by atomic mass is 32.2. The molecule has 0 heterocycles. The molecule has 0 radical (unpaired) electrons. The number of fused-ring (bicyclic) bond motifs is 1. The zero-order valence-corrected chi connectivity index (χ0v) is 10.4. The van der Waals surface area contributed by atoms with Gasteiger partial charge in [-0.2, -0.15) is 8.42 Å². The molecule has 2 aliphatic rings. The van der Waals surface area contributed by atoms with E-state index in [-0.39, 0.29) is 24.2 Å². The van der Waals surface area contributed by atoms with Gasteiger partial charge >= 0.3 is 0 Å². The van der Waals surface area contributed by atoms with Crippen LogP contribution in [0, 0.1) is 17.8 Å². The minimum absolute atomic E-state index is 0.0437. The van der Waals surface area contributed by atoms with Crippen LogP contribution in [-0.2, 0) is 10.1 Å². The molecule has 5 atom stereocenters. The van der Waals surface area contributed by atoms with Crippen molar-refractivity contribution in [3.63, 3.8) is 0 Å². The molecule has 0 saturated heterocycles. The summed E-state index contributed by atoms with van der Waals surface area (Å²) >= 11 is 0. The lowest BCUT2D eigenvalue weighted by molar-refractivity contribution is -0.00478. The van der Waals surface area contributed by atoms with E-state index in [1.165, 1.54) is 0 Å². The maximum atomic E-state index is 11.3. The fourth-order valence-corrected chi connectivity index (χ4v) is 4.78. The van der Waals surface area contributed by atoms with Crippen LogP contribution in [0.1, 0.15) is 39.0 Å². The molecule has 16 heavy (non-hydrogen) atoms. The van der Waals surface area contributed by atoms with Gasteiger partial charge in [-0.25, -0.2) is 0 Å². The topological polar surface area (TPSA) is 74.6 Å². The van der Waals surface area contributed by atoms with Gasteiger partial charge in [0.25, 0.3) is 10.1 Å². The molecule has 94 valence electrons. The summed E-state index contributed by atoms with van der Waals surface area (Å²) in [4.78, 5) is 0. The number of hydrogen-bond acceptors (Lipinski definition) is 3. The number of rotatable bonds is 1. The summed E-state index contributed by atoms with van der Waals surface area (Å²) in [5.74, 6) is 0.454. The number of aliphatic hydroxyl groups is 1. The highest BCUT2D eigenvalue weighted by Crippen LogP contribution is 2.45. The summed E-state index contributed by atoms with van der Waals surface area (Å²) in [6, 6.07) is 0. The van der Waals surface area contributed by atoms with E-state index in [9.17, 15) is 18.1 Å². The summed E-state index contributed by atoms with van der Waals surface area (Å²) in [7, 11) is -4.01. The smallest absolute Gasteiger partial charge is 0.268 e. The van der Waals surface area contributed by atoms with Crippen LogP contribution in [0.3, 0.4) is 0 Å². The molecule has 0 aromatic heterocycles. The lowest BCUT2D eigenvalue weighted by Gasteiger charge is -2.45. The molecule has 0 bridgehead atoms. The molecule has 2 fully saturated rings. The molecule has 0 aromatic carbocycles. The standard InChI is InChI=1S/C11H20O4S/c1-7-8-4-2-3-5-9(8)11(6-10(7)12)16(13,14)15/h7-12H,2-6H2,1H3,(H,13,14,15). The van der Waals surface area contributed by atoms with Crippen molar-refractivity contribution >= 4 is 10.1 Å². The Hall–Kier alpha value is -0.130. The van der Waals surface area contributed by atoms with Crippen LogP contribution in [-0.4, -0.2) is 29.4 Å². The van der Waals surface area contributed by atoms with E-state index in [0.29, 0.717) is 0 Å². The van der Waals surface area contributed by atoms with E-state index in [1.807, 2.05) is 6.92 Å². The van der Waals surface area contributed by atoms with E-state index < -0.39 is 21.5 Å². The van der Waals surface area contributed by atoms with Gasteiger partial charge in [0.15, 0.2) is 0 Å². The summed E-state index contributed by atoms with van der Waals surface area (Å²) < 4.78 is 31.9. The average Bonchev–Trinajstić information content (AvgIpc) is 2.22. The molecule has 2 saturated carbocycles. The van der Waals surface area contributed by atoms with Crippen LogP contribution in [0.15, 0.2) is 0 Å². The Bertz CT molecular complexity index is 351. The number of aliphatic hydroxyl groups excluding tert-OH is 1. The lowest BCUT2D eigenvalue weighted by Crippen LogP contribution is -2.48. The molecule has 2 rings (SSSR count). The molecule has 0 aromatic rings. The second-order valence-electron chi connectivity index (χ2n) is 5.33. The molecule has 2 N–H and O–H groups in total. The predicted molar refractivity (Wildman–Crippen MR) is 60.6 cm³/mol. The first-order chi connectivity index (χ1) is 7.41. The maximum absolute atomic E-state index is 11.3. The third-order valence-corrected chi connectivity index (χ3v) is 5.80. The van der Waals surface area contributed by atoms with Crippen LogP contribution in [0.2, 0.25) is 0 Å². The summed E-state index contributed by atoms with van der Waals surface area (Å²) in [6.07, 6.45) is 3.60. The molecule has 0 amide bonds. The van der Waals surface area contributed by atoms with E-state index in [1.54, 1.807) is 0 Å². The van der Waals surface area contributed by atoms with Crippen LogP contribution < -0.4 is 0 Å². The van der Waals surface area contributed by atoms with Gasteiger partial charge in [-0.3, -0.25) is 4.55 Å². The lowest BCUT2D eigenvalue weighted by atomic mass is 9.65. The van der Waals surface area contributed by atoms with Crippen molar-refractivity contribution in [1.82, 2.24) is 0 Å². The Morgan fingerprint density at radius 1 is 1.12 bits per heavy atom. The summed E-state index contributed by atoms with van der Waals surface area (Å²) in [6.45, 7) is 1.99. The molecular formula is C11H20O4S. The zero-order chi connectivity index (χ0) is 11.9. The fraction of sp³-hybridized carbons (Fsp3) is 1.00. The van der Waals surface area contributed by atoms with Gasteiger partial charge in [-0.15, -0.1) is 0 Å². The molecular weight excluding hydrogens is 228 g/mol. The van der Waals surface area contributed by atoms with Crippen molar-refractivity contribution in [2.24, 2.45) is 17.8 Å². The van der Waals surface area contributed by atoms with Gasteiger partial charge < -0.3 is 5.11 Å². The van der Waals surface area contributed by atoms with E-state index in [4.69, 9.17) is 0 Å². The van der Waals surface area contributed by atoms with Crippen molar-refractivity contribution in [1.29, 1.82) is 0 Å².